The van der Waals surface area contributed by atoms with E-state index >= 15 is 0 Å². The van der Waals surface area contributed by atoms with E-state index in [0.29, 0.717) is 12.5 Å². The summed E-state index contributed by atoms with van der Waals surface area (Å²) in [5.74, 6) is -0.188. The molecule has 4 nitrogen and oxygen atoms in total. The lowest BCUT2D eigenvalue weighted by Gasteiger charge is -2.41. The third kappa shape index (κ3) is 2.95. The monoisotopic (exact) mass is 228 g/mol. The second-order valence-electron chi connectivity index (χ2n) is 4.97. The molecule has 0 radical (unpaired) electrons. The van der Waals surface area contributed by atoms with Crippen molar-refractivity contribution in [3.05, 3.63) is 0 Å². The molecule has 0 bridgehead atoms. The van der Waals surface area contributed by atoms with Crippen molar-refractivity contribution in [1.82, 2.24) is 0 Å². The predicted octanol–water partition coefficient (Wildman–Crippen LogP) is 1.83. The molecule has 0 atom stereocenters. The van der Waals surface area contributed by atoms with Gasteiger partial charge in [0.25, 0.3) is 0 Å². The molecule has 2 rings (SSSR count). The van der Waals surface area contributed by atoms with E-state index in [9.17, 15) is 4.79 Å². The van der Waals surface area contributed by atoms with Crippen LogP contribution in [0.15, 0.2) is 0 Å². The molecule has 0 spiro atoms. The van der Waals surface area contributed by atoms with Crippen LogP contribution in [0.4, 0.5) is 0 Å². The van der Waals surface area contributed by atoms with Crippen LogP contribution in [0, 0.1) is 5.92 Å². The van der Waals surface area contributed by atoms with Crippen molar-refractivity contribution in [1.29, 1.82) is 0 Å². The van der Waals surface area contributed by atoms with E-state index in [1.165, 1.54) is 0 Å². The second-order valence-corrected chi connectivity index (χ2v) is 4.97. The first kappa shape index (κ1) is 11.9. The van der Waals surface area contributed by atoms with E-state index in [0.717, 1.165) is 45.3 Å². The molecule has 16 heavy (non-hydrogen) atoms. The molecular formula is C12H20O4. The number of ether oxygens (including phenoxy) is 2. The van der Waals surface area contributed by atoms with Crippen LogP contribution in [-0.4, -0.2) is 36.5 Å². The topological polar surface area (TPSA) is 55.8 Å². The summed E-state index contributed by atoms with van der Waals surface area (Å²) in [4.78, 5) is 10.8. The molecule has 1 N–H and O–H groups in total. The highest BCUT2D eigenvalue weighted by Crippen LogP contribution is 2.39. The van der Waals surface area contributed by atoms with Gasteiger partial charge in [-0.05, 0) is 38.0 Å². The zero-order chi connectivity index (χ0) is 11.4. The highest BCUT2D eigenvalue weighted by atomic mass is 16.5. The fourth-order valence-corrected chi connectivity index (χ4v) is 2.43. The van der Waals surface area contributed by atoms with Crippen LogP contribution < -0.4 is 0 Å². The summed E-state index contributed by atoms with van der Waals surface area (Å²) in [5.41, 5.74) is -0.343. The quantitative estimate of drug-likeness (QED) is 0.780. The van der Waals surface area contributed by atoms with Crippen molar-refractivity contribution in [2.75, 3.05) is 19.8 Å². The van der Waals surface area contributed by atoms with E-state index in [1.807, 2.05) is 0 Å². The standard InChI is InChI=1S/C12H20O4/c13-11(14)8-12(4-1-5-12)16-9-10-2-6-15-7-3-10/h10H,1-9H2,(H,13,14). The lowest BCUT2D eigenvalue weighted by molar-refractivity contribution is -0.158. The van der Waals surface area contributed by atoms with Crippen LogP contribution in [-0.2, 0) is 14.3 Å². The summed E-state index contributed by atoms with van der Waals surface area (Å²) in [5, 5.41) is 8.85. The Morgan fingerprint density at radius 3 is 2.56 bits per heavy atom. The molecule has 2 aliphatic rings. The van der Waals surface area contributed by atoms with Gasteiger partial charge in [-0.15, -0.1) is 0 Å². The number of rotatable bonds is 5. The van der Waals surface area contributed by atoms with Gasteiger partial charge >= 0.3 is 5.97 Å². The summed E-state index contributed by atoms with van der Waals surface area (Å²) in [6.07, 6.45) is 5.16. The smallest absolute Gasteiger partial charge is 0.306 e. The first-order valence-electron chi connectivity index (χ1n) is 6.14. The van der Waals surface area contributed by atoms with Gasteiger partial charge in [-0.1, -0.05) is 0 Å². The maximum Gasteiger partial charge on any atom is 0.306 e. The zero-order valence-electron chi connectivity index (χ0n) is 9.61. The van der Waals surface area contributed by atoms with E-state index in [1.54, 1.807) is 0 Å². The molecule has 0 unspecified atom stereocenters. The number of hydrogen-bond donors (Lipinski definition) is 1. The Morgan fingerprint density at radius 2 is 2.06 bits per heavy atom. The van der Waals surface area contributed by atoms with Gasteiger partial charge in [0.1, 0.15) is 0 Å². The lowest BCUT2D eigenvalue weighted by atomic mass is 9.77. The van der Waals surface area contributed by atoms with Gasteiger partial charge < -0.3 is 14.6 Å². The summed E-state index contributed by atoms with van der Waals surface area (Å²) in [6, 6.07) is 0. The Hall–Kier alpha value is -0.610. The SMILES string of the molecule is O=C(O)CC1(OCC2CCOCC2)CCC1. The van der Waals surface area contributed by atoms with Crippen molar-refractivity contribution in [2.45, 2.75) is 44.1 Å². The number of carboxylic acids is 1. The first-order chi connectivity index (χ1) is 7.70. The number of carbonyl (C=O) groups is 1. The number of hydrogen-bond acceptors (Lipinski definition) is 3. The van der Waals surface area contributed by atoms with E-state index in [-0.39, 0.29) is 12.0 Å². The van der Waals surface area contributed by atoms with E-state index in [2.05, 4.69) is 0 Å². The molecule has 1 aliphatic heterocycles. The molecule has 1 saturated heterocycles. The molecule has 0 aromatic carbocycles. The molecule has 0 amide bonds. The van der Waals surface area contributed by atoms with Gasteiger partial charge in [0, 0.05) is 13.2 Å². The normalized spacial score (nSPS) is 25.0. The summed E-state index contributed by atoms with van der Waals surface area (Å²) < 4.78 is 11.2. The van der Waals surface area contributed by atoms with Crippen LogP contribution in [0.3, 0.4) is 0 Å². The zero-order valence-corrected chi connectivity index (χ0v) is 9.61. The largest absolute Gasteiger partial charge is 0.481 e. The van der Waals surface area contributed by atoms with Crippen LogP contribution in [0.2, 0.25) is 0 Å². The van der Waals surface area contributed by atoms with Gasteiger partial charge in [-0.25, -0.2) is 0 Å². The number of carboxylic acid groups (broad SMARTS) is 1. The van der Waals surface area contributed by atoms with Crippen molar-refractivity contribution in [3.8, 4) is 0 Å². The molecule has 1 saturated carbocycles. The van der Waals surface area contributed by atoms with Gasteiger partial charge in [-0.2, -0.15) is 0 Å². The summed E-state index contributed by atoms with van der Waals surface area (Å²) in [6.45, 7) is 2.34. The van der Waals surface area contributed by atoms with Crippen LogP contribution >= 0.6 is 0 Å². The van der Waals surface area contributed by atoms with Crippen LogP contribution in [0.25, 0.3) is 0 Å². The molecular weight excluding hydrogens is 208 g/mol. The Morgan fingerprint density at radius 1 is 1.38 bits per heavy atom. The first-order valence-corrected chi connectivity index (χ1v) is 6.14. The van der Waals surface area contributed by atoms with E-state index < -0.39 is 5.97 Å². The third-order valence-electron chi connectivity index (χ3n) is 3.70. The van der Waals surface area contributed by atoms with Gasteiger partial charge in [-0.3, -0.25) is 4.79 Å². The minimum absolute atomic E-state index is 0.163. The maximum absolute atomic E-state index is 10.8. The molecule has 0 aromatic rings. The Labute approximate surface area is 95.9 Å². The fourth-order valence-electron chi connectivity index (χ4n) is 2.43. The highest BCUT2D eigenvalue weighted by molar-refractivity contribution is 5.68. The second kappa shape index (κ2) is 5.15. The highest BCUT2D eigenvalue weighted by Gasteiger charge is 2.40. The molecule has 4 heteroatoms. The molecule has 1 aliphatic carbocycles. The Bertz CT molecular complexity index is 241. The molecule has 1 heterocycles. The molecule has 0 aromatic heterocycles. The minimum Gasteiger partial charge on any atom is -0.481 e. The average molecular weight is 228 g/mol. The fraction of sp³-hybridized carbons (Fsp3) is 0.917. The van der Waals surface area contributed by atoms with E-state index in [4.69, 9.17) is 14.6 Å². The molecule has 92 valence electrons. The van der Waals surface area contributed by atoms with Crippen molar-refractivity contribution in [3.63, 3.8) is 0 Å². The van der Waals surface area contributed by atoms with Crippen molar-refractivity contribution in [2.24, 2.45) is 5.92 Å². The van der Waals surface area contributed by atoms with Gasteiger partial charge in [0.2, 0.25) is 0 Å². The van der Waals surface area contributed by atoms with Gasteiger partial charge in [0.05, 0.1) is 18.6 Å². The molecule has 2 fully saturated rings. The Kier molecular flexibility index (Phi) is 3.82. The predicted molar refractivity (Wildman–Crippen MR) is 58.3 cm³/mol. The van der Waals surface area contributed by atoms with Crippen LogP contribution in [0.5, 0.6) is 0 Å². The van der Waals surface area contributed by atoms with Gasteiger partial charge in [0.15, 0.2) is 0 Å². The third-order valence-corrected chi connectivity index (χ3v) is 3.70. The average Bonchev–Trinajstić information content (AvgIpc) is 2.23. The lowest BCUT2D eigenvalue weighted by Crippen LogP contribution is -2.43. The number of aliphatic carboxylic acids is 1. The summed E-state index contributed by atoms with van der Waals surface area (Å²) in [7, 11) is 0. The summed E-state index contributed by atoms with van der Waals surface area (Å²) >= 11 is 0. The maximum atomic E-state index is 10.8. The Balaban J connectivity index is 1.75. The minimum atomic E-state index is -0.744. The van der Waals surface area contributed by atoms with Crippen LogP contribution in [0.1, 0.15) is 38.5 Å². The van der Waals surface area contributed by atoms with Crippen molar-refractivity contribution < 1.29 is 19.4 Å². The van der Waals surface area contributed by atoms with Crippen molar-refractivity contribution >= 4 is 5.97 Å².